The van der Waals surface area contributed by atoms with Gasteiger partial charge in [-0.3, -0.25) is 4.90 Å². The predicted octanol–water partition coefficient (Wildman–Crippen LogP) is 0.961. The Labute approximate surface area is 119 Å². The molecule has 2 aliphatic rings. The van der Waals surface area contributed by atoms with E-state index in [1.807, 2.05) is 31.2 Å². The maximum Gasteiger partial charge on any atom is 0.320 e. The average Bonchev–Trinajstić information content (AvgIpc) is 2.67. The zero-order chi connectivity index (χ0) is 14.2. The fourth-order valence-corrected chi connectivity index (χ4v) is 3.06. The maximum atomic E-state index is 12.2. The summed E-state index contributed by atoms with van der Waals surface area (Å²) in [6, 6.07) is 7.89. The summed E-state index contributed by atoms with van der Waals surface area (Å²) < 4.78 is 0. The topological polar surface area (TPSA) is 64.6 Å². The van der Waals surface area contributed by atoms with Crippen molar-refractivity contribution in [2.24, 2.45) is 0 Å². The Kier molecular flexibility index (Phi) is 3.40. The molecule has 5 nitrogen and oxygen atoms in total. The first-order valence-corrected chi connectivity index (χ1v) is 7.14. The van der Waals surface area contributed by atoms with Crippen LogP contribution in [0.5, 0.6) is 0 Å². The van der Waals surface area contributed by atoms with Crippen molar-refractivity contribution in [2.75, 3.05) is 13.1 Å². The number of hydrogen-bond acceptors (Lipinski definition) is 3. The summed E-state index contributed by atoms with van der Waals surface area (Å²) >= 11 is 0. The number of piperidine rings is 1. The molecule has 3 N–H and O–H groups in total. The number of aliphatic hydroxyl groups is 1. The lowest BCUT2D eigenvalue weighted by Crippen LogP contribution is -2.56. The lowest BCUT2D eigenvalue weighted by molar-refractivity contribution is -0.0135. The van der Waals surface area contributed by atoms with Crippen molar-refractivity contribution >= 4 is 6.03 Å². The van der Waals surface area contributed by atoms with Gasteiger partial charge in [0.15, 0.2) is 6.23 Å². The molecule has 0 radical (unpaired) electrons. The van der Waals surface area contributed by atoms with Crippen molar-refractivity contribution in [1.29, 1.82) is 0 Å². The highest BCUT2D eigenvalue weighted by Gasteiger charge is 2.50. The first-order chi connectivity index (χ1) is 9.61. The van der Waals surface area contributed by atoms with Crippen LogP contribution in [0.25, 0.3) is 0 Å². The predicted molar refractivity (Wildman–Crippen MR) is 76.1 cm³/mol. The zero-order valence-electron chi connectivity index (χ0n) is 11.7. The van der Waals surface area contributed by atoms with Crippen molar-refractivity contribution in [1.82, 2.24) is 15.5 Å². The summed E-state index contributed by atoms with van der Waals surface area (Å²) in [7, 11) is 0. The number of nitrogens with one attached hydrogen (secondary N) is 2. The number of nitrogens with zero attached hydrogens (tertiary/aromatic N) is 1. The summed E-state index contributed by atoms with van der Waals surface area (Å²) in [6.07, 6.45) is 0.785. The van der Waals surface area contributed by atoms with Crippen LogP contribution in [0, 0.1) is 6.92 Å². The molecule has 0 saturated carbocycles. The van der Waals surface area contributed by atoms with Crippen LogP contribution in [-0.4, -0.2) is 40.9 Å². The van der Waals surface area contributed by atoms with E-state index in [2.05, 4.69) is 10.6 Å². The third kappa shape index (κ3) is 2.27. The Bertz CT molecular complexity index is 494. The first-order valence-electron chi connectivity index (χ1n) is 7.14. The van der Waals surface area contributed by atoms with Gasteiger partial charge in [-0.1, -0.05) is 29.8 Å². The molecule has 108 valence electrons. The van der Waals surface area contributed by atoms with E-state index in [1.54, 1.807) is 0 Å². The van der Waals surface area contributed by atoms with Crippen molar-refractivity contribution in [3.63, 3.8) is 0 Å². The van der Waals surface area contributed by atoms with Crippen LogP contribution in [0.4, 0.5) is 4.79 Å². The van der Waals surface area contributed by atoms with Crippen molar-refractivity contribution in [3.8, 4) is 0 Å². The molecule has 0 aromatic heterocycles. The van der Waals surface area contributed by atoms with E-state index in [0.29, 0.717) is 6.54 Å². The minimum absolute atomic E-state index is 0.167. The van der Waals surface area contributed by atoms with Gasteiger partial charge in [-0.2, -0.15) is 0 Å². The summed E-state index contributed by atoms with van der Waals surface area (Å²) in [5, 5.41) is 16.8. The van der Waals surface area contributed by atoms with E-state index < -0.39 is 11.8 Å². The van der Waals surface area contributed by atoms with E-state index in [-0.39, 0.29) is 6.03 Å². The lowest BCUT2D eigenvalue weighted by atomic mass is 9.87. The van der Waals surface area contributed by atoms with Gasteiger partial charge in [0, 0.05) is 0 Å². The minimum atomic E-state index is -0.751. The quantitative estimate of drug-likeness (QED) is 0.753. The Hall–Kier alpha value is -1.59. The van der Waals surface area contributed by atoms with E-state index in [4.69, 9.17) is 0 Å². The second-order valence-corrected chi connectivity index (χ2v) is 5.82. The number of aliphatic hydroxyl groups excluding tert-OH is 1. The van der Waals surface area contributed by atoms with E-state index in [9.17, 15) is 9.90 Å². The molecular formula is C15H21N3O2. The van der Waals surface area contributed by atoms with Crippen LogP contribution >= 0.6 is 0 Å². The molecule has 1 aromatic rings. The molecule has 0 aliphatic carbocycles. The second-order valence-electron chi connectivity index (χ2n) is 5.82. The van der Waals surface area contributed by atoms with Gasteiger partial charge >= 0.3 is 6.03 Å². The summed E-state index contributed by atoms with van der Waals surface area (Å²) in [6.45, 7) is 4.14. The number of amides is 2. The summed E-state index contributed by atoms with van der Waals surface area (Å²) in [5.74, 6) is 0. The smallest absolute Gasteiger partial charge is 0.320 e. The number of carbonyl (C=O) groups is 1. The fraction of sp³-hybridized carbons (Fsp3) is 0.533. The number of benzene rings is 1. The molecule has 1 atom stereocenters. The van der Waals surface area contributed by atoms with Crippen LogP contribution in [0.1, 0.15) is 24.0 Å². The molecule has 2 amide bonds. The monoisotopic (exact) mass is 275 g/mol. The molecular weight excluding hydrogens is 254 g/mol. The highest BCUT2D eigenvalue weighted by atomic mass is 16.3. The zero-order valence-corrected chi connectivity index (χ0v) is 11.7. The van der Waals surface area contributed by atoms with Crippen LogP contribution in [0.15, 0.2) is 24.3 Å². The van der Waals surface area contributed by atoms with E-state index in [1.165, 1.54) is 10.5 Å². The van der Waals surface area contributed by atoms with E-state index >= 15 is 0 Å². The molecule has 2 saturated heterocycles. The largest absolute Gasteiger partial charge is 0.371 e. The second kappa shape index (κ2) is 5.07. The summed E-state index contributed by atoms with van der Waals surface area (Å²) in [4.78, 5) is 13.7. The van der Waals surface area contributed by atoms with Crippen molar-refractivity contribution in [3.05, 3.63) is 35.4 Å². The van der Waals surface area contributed by atoms with Crippen molar-refractivity contribution < 1.29 is 9.90 Å². The SMILES string of the molecule is Cc1ccc(CN2C(=O)NC3(CCNCC3)C2O)cc1. The average molecular weight is 275 g/mol. The van der Waals surface area contributed by atoms with Crippen LogP contribution < -0.4 is 10.6 Å². The molecule has 1 aromatic carbocycles. The Morgan fingerprint density at radius 3 is 2.60 bits per heavy atom. The maximum absolute atomic E-state index is 12.2. The van der Waals surface area contributed by atoms with Crippen LogP contribution in [-0.2, 0) is 6.54 Å². The lowest BCUT2D eigenvalue weighted by Gasteiger charge is -2.36. The third-order valence-corrected chi connectivity index (χ3v) is 4.38. The van der Waals surface area contributed by atoms with Crippen molar-refractivity contribution in [2.45, 2.75) is 38.1 Å². The standard InChI is InChI=1S/C15H21N3O2/c1-11-2-4-12(5-3-11)10-18-13(19)15(17-14(18)20)6-8-16-9-7-15/h2-5,13,16,19H,6-10H2,1H3,(H,17,20). The molecule has 20 heavy (non-hydrogen) atoms. The highest BCUT2D eigenvalue weighted by molar-refractivity contribution is 5.78. The van der Waals surface area contributed by atoms with E-state index in [0.717, 1.165) is 31.5 Å². The number of aryl methyl sites for hydroxylation is 1. The van der Waals surface area contributed by atoms with Crippen LogP contribution in [0.3, 0.4) is 0 Å². The molecule has 2 heterocycles. The number of carbonyl (C=O) groups excluding carboxylic acids is 1. The van der Waals surface area contributed by atoms with Crippen LogP contribution in [0.2, 0.25) is 0 Å². The van der Waals surface area contributed by atoms with Gasteiger partial charge in [-0.05, 0) is 38.4 Å². The Morgan fingerprint density at radius 1 is 1.30 bits per heavy atom. The van der Waals surface area contributed by atoms with Gasteiger partial charge in [0.05, 0.1) is 12.1 Å². The Balaban J connectivity index is 1.76. The van der Waals surface area contributed by atoms with Gasteiger partial charge in [0.1, 0.15) is 0 Å². The molecule has 2 fully saturated rings. The fourth-order valence-electron chi connectivity index (χ4n) is 3.06. The molecule has 0 bridgehead atoms. The van der Waals surface area contributed by atoms with Gasteiger partial charge in [-0.15, -0.1) is 0 Å². The number of rotatable bonds is 2. The Morgan fingerprint density at radius 2 is 1.95 bits per heavy atom. The minimum Gasteiger partial charge on any atom is -0.371 e. The number of hydrogen-bond donors (Lipinski definition) is 3. The molecule has 1 unspecified atom stereocenters. The molecule has 3 rings (SSSR count). The van der Waals surface area contributed by atoms with Gasteiger partial charge in [0.2, 0.25) is 0 Å². The molecule has 1 spiro atoms. The van der Waals surface area contributed by atoms with Gasteiger partial charge in [0.25, 0.3) is 0 Å². The summed E-state index contributed by atoms with van der Waals surface area (Å²) in [5.41, 5.74) is 1.75. The van der Waals surface area contributed by atoms with Gasteiger partial charge in [-0.25, -0.2) is 4.79 Å². The molecule has 5 heteroatoms. The molecule has 2 aliphatic heterocycles. The third-order valence-electron chi connectivity index (χ3n) is 4.38. The number of urea groups is 1. The highest BCUT2D eigenvalue weighted by Crippen LogP contribution is 2.31. The normalized spacial score (nSPS) is 25.0. The first kappa shape index (κ1) is 13.4. The van der Waals surface area contributed by atoms with Gasteiger partial charge < -0.3 is 15.7 Å².